The Balaban J connectivity index is 2.18. The fraction of sp³-hybridized carbons (Fsp3) is 0.0667. The Labute approximate surface area is 100.0 Å². The monoisotopic (exact) mass is 220 g/mol. The molecule has 3 aromatic rings. The maximum absolute atomic E-state index is 4.44. The number of hydrogen-bond acceptors (Lipinski definition) is 2. The second-order valence-corrected chi connectivity index (χ2v) is 4.08. The molecule has 1 aromatic heterocycles. The molecule has 0 spiro atoms. The summed E-state index contributed by atoms with van der Waals surface area (Å²) in [5, 5.41) is 2.46. The summed E-state index contributed by atoms with van der Waals surface area (Å²) in [5.41, 5.74) is 2.05. The molecule has 0 bridgehead atoms. The molecule has 3 rings (SSSR count). The van der Waals surface area contributed by atoms with Gasteiger partial charge in [-0.1, -0.05) is 36.4 Å². The molecule has 0 aliphatic carbocycles. The van der Waals surface area contributed by atoms with Gasteiger partial charge in [0.25, 0.3) is 0 Å². The van der Waals surface area contributed by atoms with Crippen molar-refractivity contribution in [2.45, 2.75) is 6.92 Å². The van der Waals surface area contributed by atoms with Crippen LogP contribution in [0.4, 0.5) is 0 Å². The Morgan fingerprint density at radius 3 is 2.53 bits per heavy atom. The molecule has 0 aliphatic rings. The zero-order chi connectivity index (χ0) is 11.7. The lowest BCUT2D eigenvalue weighted by Crippen LogP contribution is -1.90. The lowest BCUT2D eigenvalue weighted by molar-refractivity contribution is 1.11. The van der Waals surface area contributed by atoms with Gasteiger partial charge in [0.2, 0.25) is 0 Å². The smallest absolute Gasteiger partial charge is 0.159 e. The molecule has 0 unspecified atom stereocenters. The summed E-state index contributed by atoms with van der Waals surface area (Å²) in [6.07, 6.45) is 1.80. The Morgan fingerprint density at radius 1 is 0.882 bits per heavy atom. The first kappa shape index (κ1) is 9.97. The van der Waals surface area contributed by atoms with E-state index >= 15 is 0 Å². The van der Waals surface area contributed by atoms with Crippen LogP contribution in [-0.4, -0.2) is 9.97 Å². The zero-order valence-corrected chi connectivity index (χ0v) is 9.59. The zero-order valence-electron chi connectivity index (χ0n) is 9.59. The van der Waals surface area contributed by atoms with Gasteiger partial charge < -0.3 is 0 Å². The standard InChI is InChI=1S/C15H12N2/c1-11-8-9-16-15(17-11)14-7-6-12-4-2-3-5-13(12)10-14/h2-10H,1H3. The van der Waals surface area contributed by atoms with Gasteiger partial charge in [-0.3, -0.25) is 0 Å². The number of aryl methyl sites for hydroxylation is 1. The molecule has 0 amide bonds. The minimum atomic E-state index is 0.788. The molecule has 2 nitrogen and oxygen atoms in total. The van der Waals surface area contributed by atoms with Crippen LogP contribution < -0.4 is 0 Å². The largest absolute Gasteiger partial charge is 0.237 e. The predicted molar refractivity (Wildman–Crippen MR) is 69.7 cm³/mol. The molecule has 1 heterocycles. The molecule has 0 saturated heterocycles. The van der Waals surface area contributed by atoms with Gasteiger partial charge in [0.05, 0.1) is 0 Å². The Kier molecular flexibility index (Phi) is 2.33. The van der Waals surface area contributed by atoms with Gasteiger partial charge in [-0.15, -0.1) is 0 Å². The molecule has 82 valence electrons. The van der Waals surface area contributed by atoms with Gasteiger partial charge >= 0.3 is 0 Å². The van der Waals surface area contributed by atoms with E-state index < -0.39 is 0 Å². The summed E-state index contributed by atoms with van der Waals surface area (Å²) in [6, 6.07) is 16.5. The van der Waals surface area contributed by atoms with Gasteiger partial charge in [-0.2, -0.15) is 0 Å². The molecule has 0 radical (unpaired) electrons. The van der Waals surface area contributed by atoms with E-state index in [4.69, 9.17) is 0 Å². The number of aromatic nitrogens is 2. The van der Waals surface area contributed by atoms with Crippen LogP contribution in [0.3, 0.4) is 0 Å². The summed E-state index contributed by atoms with van der Waals surface area (Å²) < 4.78 is 0. The summed E-state index contributed by atoms with van der Waals surface area (Å²) >= 11 is 0. The van der Waals surface area contributed by atoms with Crippen molar-refractivity contribution in [1.82, 2.24) is 9.97 Å². The Morgan fingerprint density at radius 2 is 1.71 bits per heavy atom. The molecule has 17 heavy (non-hydrogen) atoms. The molecule has 0 atom stereocenters. The first-order chi connectivity index (χ1) is 8.33. The first-order valence-electron chi connectivity index (χ1n) is 5.62. The number of hydrogen-bond donors (Lipinski definition) is 0. The normalized spacial score (nSPS) is 10.6. The van der Waals surface area contributed by atoms with Crippen LogP contribution in [0.2, 0.25) is 0 Å². The fourth-order valence-corrected chi connectivity index (χ4v) is 1.92. The van der Waals surface area contributed by atoms with Gasteiger partial charge in [-0.25, -0.2) is 9.97 Å². The topological polar surface area (TPSA) is 25.8 Å². The van der Waals surface area contributed by atoms with E-state index in [0.717, 1.165) is 17.1 Å². The molecule has 0 saturated carbocycles. The highest BCUT2D eigenvalue weighted by Gasteiger charge is 2.02. The van der Waals surface area contributed by atoms with Crippen molar-refractivity contribution in [3.63, 3.8) is 0 Å². The second kappa shape index (κ2) is 3.98. The van der Waals surface area contributed by atoms with E-state index in [1.807, 2.05) is 25.1 Å². The second-order valence-electron chi connectivity index (χ2n) is 4.08. The average molecular weight is 220 g/mol. The number of benzene rings is 2. The lowest BCUT2D eigenvalue weighted by Gasteiger charge is -2.03. The van der Waals surface area contributed by atoms with Crippen molar-refractivity contribution in [2.24, 2.45) is 0 Å². The van der Waals surface area contributed by atoms with Gasteiger partial charge in [-0.05, 0) is 29.8 Å². The lowest BCUT2D eigenvalue weighted by atomic mass is 10.1. The number of fused-ring (bicyclic) bond motifs is 1. The average Bonchev–Trinajstić information content (AvgIpc) is 2.38. The van der Waals surface area contributed by atoms with Crippen LogP contribution in [0.15, 0.2) is 54.7 Å². The van der Waals surface area contributed by atoms with Gasteiger partial charge in [0.1, 0.15) is 0 Å². The van der Waals surface area contributed by atoms with E-state index in [9.17, 15) is 0 Å². The number of rotatable bonds is 1. The molecular formula is C15H12N2. The summed E-state index contributed by atoms with van der Waals surface area (Å²) in [4.78, 5) is 8.74. The van der Waals surface area contributed by atoms with Crippen LogP contribution in [-0.2, 0) is 0 Å². The van der Waals surface area contributed by atoms with E-state index in [1.54, 1.807) is 6.20 Å². The first-order valence-corrected chi connectivity index (χ1v) is 5.62. The van der Waals surface area contributed by atoms with E-state index in [2.05, 4.69) is 40.3 Å². The third-order valence-corrected chi connectivity index (χ3v) is 2.80. The van der Waals surface area contributed by atoms with Crippen molar-refractivity contribution in [1.29, 1.82) is 0 Å². The maximum Gasteiger partial charge on any atom is 0.159 e. The summed E-state index contributed by atoms with van der Waals surface area (Å²) in [6.45, 7) is 1.98. The summed E-state index contributed by atoms with van der Waals surface area (Å²) in [5.74, 6) is 0.788. The van der Waals surface area contributed by atoms with Crippen molar-refractivity contribution < 1.29 is 0 Å². The SMILES string of the molecule is Cc1ccnc(-c2ccc3ccccc3c2)n1. The molecule has 2 heteroatoms. The van der Waals surface area contributed by atoms with E-state index in [-0.39, 0.29) is 0 Å². The third-order valence-electron chi connectivity index (χ3n) is 2.80. The summed E-state index contributed by atoms with van der Waals surface area (Å²) in [7, 11) is 0. The van der Waals surface area contributed by atoms with Crippen LogP contribution in [0.1, 0.15) is 5.69 Å². The van der Waals surface area contributed by atoms with Crippen molar-refractivity contribution in [3.05, 3.63) is 60.4 Å². The quantitative estimate of drug-likeness (QED) is 0.626. The van der Waals surface area contributed by atoms with Gasteiger partial charge in [0.15, 0.2) is 5.82 Å². The minimum absolute atomic E-state index is 0.788. The maximum atomic E-state index is 4.44. The molecular weight excluding hydrogens is 208 g/mol. The molecule has 0 aliphatic heterocycles. The highest BCUT2D eigenvalue weighted by molar-refractivity contribution is 5.86. The van der Waals surface area contributed by atoms with Crippen molar-refractivity contribution in [2.75, 3.05) is 0 Å². The highest BCUT2D eigenvalue weighted by Crippen LogP contribution is 2.21. The minimum Gasteiger partial charge on any atom is -0.237 e. The van der Waals surface area contributed by atoms with E-state index in [0.29, 0.717) is 0 Å². The Hall–Kier alpha value is -2.22. The van der Waals surface area contributed by atoms with Gasteiger partial charge in [0, 0.05) is 17.5 Å². The molecule has 0 N–H and O–H groups in total. The third kappa shape index (κ3) is 1.89. The molecule has 0 fully saturated rings. The van der Waals surface area contributed by atoms with E-state index in [1.165, 1.54) is 10.8 Å². The number of nitrogens with zero attached hydrogens (tertiary/aromatic N) is 2. The van der Waals surface area contributed by atoms with Crippen molar-refractivity contribution in [3.8, 4) is 11.4 Å². The van der Waals surface area contributed by atoms with Crippen LogP contribution >= 0.6 is 0 Å². The highest BCUT2D eigenvalue weighted by atomic mass is 14.9. The van der Waals surface area contributed by atoms with Crippen LogP contribution in [0.25, 0.3) is 22.2 Å². The van der Waals surface area contributed by atoms with Crippen LogP contribution in [0, 0.1) is 6.92 Å². The van der Waals surface area contributed by atoms with Crippen molar-refractivity contribution >= 4 is 10.8 Å². The molecule has 2 aromatic carbocycles. The Bertz CT molecular complexity index is 674. The predicted octanol–water partition coefficient (Wildman–Crippen LogP) is 3.61. The fourth-order valence-electron chi connectivity index (χ4n) is 1.92. The van der Waals surface area contributed by atoms with Crippen LogP contribution in [0.5, 0.6) is 0 Å².